The number of rotatable bonds is 3. The van der Waals surface area contributed by atoms with Crippen molar-refractivity contribution >= 4 is 28.6 Å². The van der Waals surface area contributed by atoms with Crippen molar-refractivity contribution in [3.8, 4) is 28.8 Å². The number of aromatic hydroxyl groups is 1. The number of hydrogen-bond acceptors (Lipinski definition) is 4. The number of aryl methyl sites for hydroxylation is 2. The lowest BCUT2D eigenvalue weighted by Crippen LogP contribution is -2.41. The molecule has 0 fully saturated rings. The number of benzene rings is 1. The summed E-state index contributed by atoms with van der Waals surface area (Å²) < 4.78 is 3.74. The fourth-order valence-electron chi connectivity index (χ4n) is 3.71. The predicted molar refractivity (Wildman–Crippen MR) is 128 cm³/mol. The number of pyridine rings is 1. The molecule has 0 aliphatic carbocycles. The number of halogens is 1. The highest BCUT2D eigenvalue weighted by atomic mass is 35.5. The maximum Gasteiger partial charge on any atom is 0.354 e. The summed E-state index contributed by atoms with van der Waals surface area (Å²) in [6.45, 7) is 8.27. The van der Waals surface area contributed by atoms with Gasteiger partial charge in [0.05, 0.1) is 11.1 Å². The first-order valence-corrected chi connectivity index (χ1v) is 11.4. The summed E-state index contributed by atoms with van der Waals surface area (Å²) in [7, 11) is 0. The van der Waals surface area contributed by atoms with Crippen LogP contribution < -0.4 is 10.1 Å². The Hall–Kier alpha value is -3.14. The minimum absolute atomic E-state index is 0.0952. The van der Waals surface area contributed by atoms with Crippen LogP contribution in [0.2, 0.25) is 4.47 Å². The van der Waals surface area contributed by atoms with Gasteiger partial charge < -0.3 is 5.11 Å². The van der Waals surface area contributed by atoms with E-state index in [2.05, 4.69) is 16.8 Å². The second-order valence-corrected chi connectivity index (χ2v) is 9.76. The average Bonchev–Trinajstić information content (AvgIpc) is 3.14. The molecule has 5 nitrogen and oxygen atoms in total. The third-order valence-corrected chi connectivity index (χ3v) is 6.14. The number of hydrogen-bond donors (Lipinski definition) is 1. The Kier molecular flexibility index (Phi) is 6.05. The highest BCUT2D eigenvalue weighted by Gasteiger charge is 2.27. The topological polar surface area (TPSA) is 58.5 Å². The summed E-state index contributed by atoms with van der Waals surface area (Å²) in [5.74, 6) is 6.47. The molecule has 1 aromatic carbocycles. The molecule has 0 saturated carbocycles. The van der Waals surface area contributed by atoms with Crippen molar-refractivity contribution in [3.63, 3.8) is 0 Å². The monoisotopic (exact) mass is 464 g/mol. The Morgan fingerprint density at radius 2 is 2.06 bits per heavy atom. The Bertz CT molecular complexity index is 1460. The first-order chi connectivity index (χ1) is 15.2. The minimum Gasteiger partial charge on any atom is -0.477 e. The van der Waals surface area contributed by atoms with Crippen molar-refractivity contribution in [2.45, 2.75) is 34.2 Å². The average molecular weight is 465 g/mol. The maximum absolute atomic E-state index is 13.5. The lowest BCUT2D eigenvalue weighted by atomic mass is 10.0. The van der Waals surface area contributed by atoms with Crippen molar-refractivity contribution in [1.82, 2.24) is 9.38 Å². The molecule has 0 spiro atoms. The molecule has 4 aromatic rings. The molecule has 0 amide bonds. The van der Waals surface area contributed by atoms with Gasteiger partial charge in [-0.25, -0.2) is 9.78 Å². The SMILES string of the molecule is Cc1cc(C#CC(C)C)cc(-c2c(O)[n+](Cc3cnc(Cl)s3)c3c(C)cccn3c2=O)c1. The zero-order valence-electron chi connectivity index (χ0n) is 18.3. The van der Waals surface area contributed by atoms with E-state index in [4.69, 9.17) is 11.6 Å². The van der Waals surface area contributed by atoms with Gasteiger partial charge in [-0.1, -0.05) is 43.4 Å². The second-order valence-electron chi connectivity index (χ2n) is 8.07. The molecule has 0 aliphatic heterocycles. The van der Waals surface area contributed by atoms with Gasteiger partial charge in [-0.15, -0.1) is 11.3 Å². The van der Waals surface area contributed by atoms with Crippen molar-refractivity contribution in [1.29, 1.82) is 0 Å². The molecule has 0 atom stereocenters. The third kappa shape index (κ3) is 4.27. The zero-order chi connectivity index (χ0) is 23.0. The summed E-state index contributed by atoms with van der Waals surface area (Å²) in [4.78, 5) is 18.5. The van der Waals surface area contributed by atoms with E-state index in [1.165, 1.54) is 11.3 Å². The summed E-state index contributed by atoms with van der Waals surface area (Å²) in [6, 6.07) is 9.47. The van der Waals surface area contributed by atoms with Crippen molar-refractivity contribution in [3.05, 3.63) is 79.1 Å². The molecule has 0 radical (unpaired) electrons. The van der Waals surface area contributed by atoms with Crippen molar-refractivity contribution < 1.29 is 9.67 Å². The van der Waals surface area contributed by atoms with E-state index in [1.807, 2.05) is 58.0 Å². The quantitative estimate of drug-likeness (QED) is 0.352. The molecule has 32 heavy (non-hydrogen) atoms. The first kappa shape index (κ1) is 22.1. The molecule has 1 N–H and O–H groups in total. The first-order valence-electron chi connectivity index (χ1n) is 10.2. The van der Waals surface area contributed by atoms with Crippen LogP contribution in [-0.4, -0.2) is 14.5 Å². The molecule has 3 aromatic heterocycles. The molecule has 4 rings (SSSR count). The fraction of sp³-hybridized carbons (Fsp3) is 0.240. The Labute approximate surface area is 195 Å². The minimum atomic E-state index is -0.284. The van der Waals surface area contributed by atoms with Crippen LogP contribution in [0, 0.1) is 31.6 Å². The smallest absolute Gasteiger partial charge is 0.354 e. The summed E-state index contributed by atoms with van der Waals surface area (Å²) in [5.41, 5.74) is 3.85. The van der Waals surface area contributed by atoms with Gasteiger partial charge in [-0.3, -0.25) is 0 Å². The highest BCUT2D eigenvalue weighted by Crippen LogP contribution is 2.27. The van der Waals surface area contributed by atoms with Crippen LogP contribution in [0.15, 0.2) is 47.5 Å². The van der Waals surface area contributed by atoms with Crippen LogP contribution in [-0.2, 0) is 6.54 Å². The van der Waals surface area contributed by atoms with E-state index >= 15 is 0 Å². The van der Waals surface area contributed by atoms with Gasteiger partial charge in [0.15, 0.2) is 10.0 Å². The molecular weight excluding hydrogens is 442 g/mol. The molecule has 0 unspecified atom stereocenters. The molecule has 0 aliphatic rings. The molecule has 162 valence electrons. The predicted octanol–water partition coefficient (Wildman–Crippen LogP) is 4.74. The van der Waals surface area contributed by atoms with Gasteiger partial charge in [0, 0.05) is 23.2 Å². The highest BCUT2D eigenvalue weighted by molar-refractivity contribution is 7.15. The summed E-state index contributed by atoms with van der Waals surface area (Å²) >= 11 is 7.37. The molecule has 3 heterocycles. The molecule has 0 saturated heterocycles. The van der Waals surface area contributed by atoms with E-state index in [0.29, 0.717) is 22.2 Å². The van der Waals surface area contributed by atoms with Crippen molar-refractivity contribution in [2.75, 3.05) is 0 Å². The van der Waals surface area contributed by atoms with Crippen molar-refractivity contribution in [2.24, 2.45) is 5.92 Å². The number of fused-ring (bicyclic) bond motifs is 1. The van der Waals surface area contributed by atoms with Gasteiger partial charge in [0.2, 0.25) is 0 Å². The van der Waals surface area contributed by atoms with Gasteiger partial charge in [0.25, 0.3) is 11.5 Å². The fourth-order valence-corrected chi connectivity index (χ4v) is 4.68. The van der Waals surface area contributed by atoms with Crippen LogP contribution in [0.25, 0.3) is 16.8 Å². The normalized spacial score (nSPS) is 11.1. The molecule has 7 heteroatoms. The largest absolute Gasteiger partial charge is 0.477 e. The summed E-state index contributed by atoms with van der Waals surface area (Å²) in [5, 5.41) is 11.4. The van der Waals surface area contributed by atoms with Crippen LogP contribution in [0.5, 0.6) is 5.88 Å². The van der Waals surface area contributed by atoms with E-state index in [-0.39, 0.29) is 22.9 Å². The van der Waals surface area contributed by atoms with Gasteiger partial charge in [-0.05, 0) is 49.2 Å². The van der Waals surface area contributed by atoms with Gasteiger partial charge in [0.1, 0.15) is 6.54 Å². The maximum atomic E-state index is 13.5. The van der Waals surface area contributed by atoms with E-state index < -0.39 is 0 Å². The lowest BCUT2D eigenvalue weighted by molar-refractivity contribution is -0.671. The Balaban J connectivity index is 2.01. The number of thiazole rings is 1. The standard InChI is InChI=1S/C25H22ClN3O2S/c1-15(2)7-8-18-10-16(3)11-19(12-18)21-23(30)28-9-5-6-17(4)22(28)29(24(21)31)14-20-13-27-25(26)32-20/h5-6,9-13,15H,14H2,1-4H3/p+1. The molecular formula is C25H23ClN3O2S+. The number of nitrogens with zero attached hydrogens (tertiary/aromatic N) is 3. The summed E-state index contributed by atoms with van der Waals surface area (Å²) in [6.07, 6.45) is 3.41. The zero-order valence-corrected chi connectivity index (χ0v) is 19.9. The van der Waals surface area contributed by atoms with Crippen LogP contribution >= 0.6 is 22.9 Å². The van der Waals surface area contributed by atoms with Crippen LogP contribution in [0.4, 0.5) is 0 Å². The third-order valence-electron chi connectivity index (χ3n) is 5.04. The second kappa shape index (κ2) is 8.78. The van der Waals surface area contributed by atoms with Gasteiger partial charge in [-0.2, -0.15) is 8.97 Å². The van der Waals surface area contributed by atoms with Gasteiger partial charge >= 0.3 is 5.56 Å². The van der Waals surface area contributed by atoms with Crippen LogP contribution in [0.3, 0.4) is 0 Å². The Morgan fingerprint density at radius 3 is 2.75 bits per heavy atom. The van der Waals surface area contributed by atoms with E-state index in [9.17, 15) is 9.90 Å². The van der Waals surface area contributed by atoms with E-state index in [1.54, 1.807) is 21.4 Å². The Morgan fingerprint density at radius 1 is 1.28 bits per heavy atom. The van der Waals surface area contributed by atoms with Crippen LogP contribution in [0.1, 0.15) is 35.4 Å². The lowest BCUT2D eigenvalue weighted by Gasteiger charge is -2.11. The number of aromatic nitrogens is 3. The molecule has 0 bridgehead atoms. The van der Waals surface area contributed by atoms with E-state index in [0.717, 1.165) is 21.6 Å².